The molecule has 0 saturated carbocycles. The highest BCUT2D eigenvalue weighted by molar-refractivity contribution is 7.91. The smallest absolute Gasteiger partial charge is 0.160 e. The molecule has 0 aliphatic rings. The van der Waals surface area contributed by atoms with Crippen LogP contribution in [0.25, 0.3) is 0 Å². The molecule has 0 aliphatic heterocycles. The van der Waals surface area contributed by atoms with Crippen LogP contribution in [0.15, 0.2) is 48.5 Å². The Morgan fingerprint density at radius 2 is 1.34 bits per heavy atom. The fraction of sp³-hybridized carbons (Fsp3) is 0.478. The summed E-state index contributed by atoms with van der Waals surface area (Å²) in [7, 11) is 0.201. The molecule has 0 spiro atoms. The molecule has 0 saturated heterocycles. The van der Waals surface area contributed by atoms with E-state index in [9.17, 15) is 8.42 Å². The van der Waals surface area contributed by atoms with Gasteiger partial charge in [-0.15, -0.1) is 24.8 Å². The van der Waals surface area contributed by atoms with Gasteiger partial charge in [-0.25, -0.2) is 8.42 Å². The van der Waals surface area contributed by atoms with E-state index in [4.69, 9.17) is 9.47 Å². The molecule has 0 radical (unpaired) electrons. The summed E-state index contributed by atoms with van der Waals surface area (Å²) in [4.78, 5) is 0. The lowest BCUT2D eigenvalue weighted by Gasteiger charge is -2.10. The van der Waals surface area contributed by atoms with E-state index in [0.29, 0.717) is 31.0 Å². The van der Waals surface area contributed by atoms with Crippen LogP contribution in [0.4, 0.5) is 0 Å². The van der Waals surface area contributed by atoms with Crippen molar-refractivity contribution in [3.05, 3.63) is 59.7 Å². The first-order chi connectivity index (χ1) is 14.5. The molecule has 2 N–H and O–H groups in total. The average Bonchev–Trinajstić information content (AvgIpc) is 2.76. The van der Waals surface area contributed by atoms with Crippen LogP contribution in [0.3, 0.4) is 0 Å². The van der Waals surface area contributed by atoms with E-state index in [0.717, 1.165) is 31.5 Å². The molecule has 0 heterocycles. The number of halogens is 2. The second-order valence-electron chi connectivity index (χ2n) is 7.18. The third-order valence-corrected chi connectivity index (χ3v) is 6.61. The molecular weight excluding hydrogens is 471 g/mol. The number of methoxy groups -OCH3 is 2. The molecular formula is C23H36Cl2N2O4S. The summed E-state index contributed by atoms with van der Waals surface area (Å²) in [5.41, 5.74) is 2.40. The zero-order chi connectivity index (χ0) is 21.7. The lowest BCUT2D eigenvalue weighted by molar-refractivity contribution is 0.354. The molecule has 0 unspecified atom stereocenters. The quantitative estimate of drug-likeness (QED) is 0.361. The van der Waals surface area contributed by atoms with E-state index in [1.54, 1.807) is 14.2 Å². The predicted octanol–water partition coefficient (Wildman–Crippen LogP) is 3.32. The van der Waals surface area contributed by atoms with Gasteiger partial charge >= 0.3 is 0 Å². The molecule has 0 amide bonds. The average molecular weight is 508 g/mol. The van der Waals surface area contributed by atoms with Crippen molar-refractivity contribution in [3.63, 3.8) is 0 Å². The Balaban J connectivity index is 0.00000480. The van der Waals surface area contributed by atoms with Crippen molar-refractivity contribution in [1.29, 1.82) is 0 Å². The van der Waals surface area contributed by atoms with Gasteiger partial charge in [0.1, 0.15) is 0 Å². The first kappa shape index (κ1) is 30.5. The molecule has 32 heavy (non-hydrogen) atoms. The van der Waals surface area contributed by atoms with Crippen LogP contribution >= 0.6 is 24.8 Å². The molecule has 2 rings (SSSR count). The summed E-state index contributed by atoms with van der Waals surface area (Å²) in [6.45, 7) is 2.77. The van der Waals surface area contributed by atoms with Crippen LogP contribution in [-0.2, 0) is 22.7 Å². The Bertz CT molecular complexity index is 852. The minimum absolute atomic E-state index is 0. The molecule has 2 aromatic carbocycles. The molecule has 0 atom stereocenters. The summed E-state index contributed by atoms with van der Waals surface area (Å²) in [6, 6.07) is 16.1. The number of benzene rings is 2. The van der Waals surface area contributed by atoms with Crippen molar-refractivity contribution < 1.29 is 17.9 Å². The molecule has 2 aromatic rings. The van der Waals surface area contributed by atoms with Crippen LogP contribution in [0.1, 0.15) is 17.5 Å². The van der Waals surface area contributed by atoms with Gasteiger partial charge in [0.15, 0.2) is 21.3 Å². The lowest BCUT2D eigenvalue weighted by Crippen LogP contribution is -2.27. The van der Waals surface area contributed by atoms with Crippen LogP contribution in [-0.4, -0.2) is 60.3 Å². The van der Waals surface area contributed by atoms with Crippen molar-refractivity contribution in [2.45, 2.75) is 19.3 Å². The Labute approximate surface area is 205 Å². The van der Waals surface area contributed by atoms with Gasteiger partial charge in [0, 0.05) is 6.54 Å². The van der Waals surface area contributed by atoms with Crippen molar-refractivity contribution in [1.82, 2.24) is 10.6 Å². The second kappa shape index (κ2) is 17.0. The highest BCUT2D eigenvalue weighted by atomic mass is 35.5. The molecule has 0 fully saturated rings. The molecule has 0 bridgehead atoms. The fourth-order valence-corrected chi connectivity index (χ4v) is 4.39. The number of sulfone groups is 1. The van der Waals surface area contributed by atoms with E-state index in [-0.39, 0.29) is 36.3 Å². The van der Waals surface area contributed by atoms with Crippen LogP contribution in [0, 0.1) is 0 Å². The van der Waals surface area contributed by atoms with Crippen molar-refractivity contribution >= 4 is 34.7 Å². The van der Waals surface area contributed by atoms with E-state index in [1.807, 2.05) is 36.4 Å². The lowest BCUT2D eigenvalue weighted by atomic mass is 10.1. The Morgan fingerprint density at radius 3 is 2.00 bits per heavy atom. The fourth-order valence-electron chi connectivity index (χ4n) is 3.14. The second-order valence-corrected chi connectivity index (χ2v) is 9.48. The third-order valence-electron chi connectivity index (χ3n) is 4.87. The van der Waals surface area contributed by atoms with Gasteiger partial charge < -0.3 is 20.1 Å². The van der Waals surface area contributed by atoms with Gasteiger partial charge in [-0.3, -0.25) is 0 Å². The zero-order valence-corrected chi connectivity index (χ0v) is 21.3. The van der Waals surface area contributed by atoms with Crippen molar-refractivity contribution in [3.8, 4) is 11.5 Å². The van der Waals surface area contributed by atoms with E-state index < -0.39 is 9.84 Å². The molecule has 182 valence electrons. The number of ether oxygens (including phenoxy) is 2. The molecule has 0 aliphatic carbocycles. The minimum atomic E-state index is -3.02. The normalized spacial score (nSPS) is 10.7. The first-order valence-corrected chi connectivity index (χ1v) is 12.2. The van der Waals surface area contributed by atoms with Crippen molar-refractivity contribution in [2.75, 3.05) is 51.9 Å². The highest BCUT2D eigenvalue weighted by Crippen LogP contribution is 2.27. The maximum atomic E-state index is 12.2. The monoisotopic (exact) mass is 506 g/mol. The summed E-state index contributed by atoms with van der Waals surface area (Å²) in [6.07, 6.45) is 2.39. The minimum Gasteiger partial charge on any atom is -0.493 e. The highest BCUT2D eigenvalue weighted by Gasteiger charge is 2.10. The molecule has 9 heteroatoms. The summed E-state index contributed by atoms with van der Waals surface area (Å²) < 4.78 is 34.9. The van der Waals surface area contributed by atoms with Crippen molar-refractivity contribution in [2.24, 2.45) is 0 Å². The Hall–Kier alpha value is -1.51. The maximum Gasteiger partial charge on any atom is 0.160 e. The number of hydrogen-bond donors (Lipinski definition) is 2. The molecule has 0 aromatic heterocycles. The number of hydrogen-bond acceptors (Lipinski definition) is 6. The SMILES string of the molecule is COc1ccc(CCNCCS(=O)(=O)CCCNCCc2ccccc2)cc1OC.Cl.Cl. The third kappa shape index (κ3) is 11.9. The maximum absolute atomic E-state index is 12.2. The first-order valence-electron chi connectivity index (χ1n) is 10.4. The number of nitrogens with one attached hydrogen (secondary N) is 2. The van der Waals surface area contributed by atoms with Gasteiger partial charge in [-0.1, -0.05) is 36.4 Å². The standard InChI is InChI=1S/C23H34N2O4S.2ClH/c1-28-22-10-9-21(19-23(22)29-2)12-15-25-16-18-30(26,27)17-6-13-24-14-11-20-7-4-3-5-8-20;;/h3-5,7-10,19,24-25H,6,11-18H2,1-2H3;2*1H. The van der Waals surface area contributed by atoms with Gasteiger partial charge in [-0.2, -0.15) is 0 Å². The van der Waals surface area contributed by atoms with Gasteiger partial charge in [-0.05, 0) is 62.2 Å². The largest absolute Gasteiger partial charge is 0.493 e. The Kier molecular flexibility index (Phi) is 16.2. The van der Waals surface area contributed by atoms with Gasteiger partial charge in [0.05, 0.1) is 25.7 Å². The van der Waals surface area contributed by atoms with Crippen LogP contribution in [0.5, 0.6) is 11.5 Å². The van der Waals surface area contributed by atoms with Crippen LogP contribution in [0.2, 0.25) is 0 Å². The number of rotatable bonds is 15. The summed E-state index contributed by atoms with van der Waals surface area (Å²) >= 11 is 0. The summed E-state index contributed by atoms with van der Waals surface area (Å²) in [5, 5.41) is 6.54. The molecule has 6 nitrogen and oxygen atoms in total. The topological polar surface area (TPSA) is 76.7 Å². The van der Waals surface area contributed by atoms with Crippen LogP contribution < -0.4 is 20.1 Å². The van der Waals surface area contributed by atoms with E-state index in [2.05, 4.69) is 22.8 Å². The van der Waals surface area contributed by atoms with Gasteiger partial charge in [0.2, 0.25) is 0 Å². The zero-order valence-electron chi connectivity index (χ0n) is 18.8. The Morgan fingerprint density at radius 1 is 0.719 bits per heavy atom. The van der Waals surface area contributed by atoms with E-state index in [1.165, 1.54) is 5.56 Å². The van der Waals surface area contributed by atoms with E-state index >= 15 is 0 Å². The summed E-state index contributed by atoms with van der Waals surface area (Å²) in [5.74, 6) is 1.80. The predicted molar refractivity (Wildman–Crippen MR) is 137 cm³/mol. The van der Waals surface area contributed by atoms with Gasteiger partial charge in [0.25, 0.3) is 0 Å².